The number of benzene rings is 1. The Morgan fingerprint density at radius 2 is 1.88 bits per heavy atom. The molecular formula is C12H15NO3. The van der Waals surface area contributed by atoms with Gasteiger partial charge in [-0.2, -0.15) is 0 Å². The van der Waals surface area contributed by atoms with Crippen LogP contribution >= 0.6 is 0 Å². The Hall–Kier alpha value is -1.84. The Bertz CT molecular complexity index is 378. The van der Waals surface area contributed by atoms with Crippen LogP contribution in [0.5, 0.6) is 0 Å². The van der Waals surface area contributed by atoms with E-state index in [1.165, 1.54) is 7.11 Å². The quantitative estimate of drug-likeness (QED) is 0.445. The minimum atomic E-state index is -0.338. The van der Waals surface area contributed by atoms with Gasteiger partial charge in [-0.15, -0.1) is 0 Å². The molecule has 0 saturated heterocycles. The van der Waals surface area contributed by atoms with Crippen molar-refractivity contribution in [3.8, 4) is 0 Å². The van der Waals surface area contributed by atoms with Crippen molar-refractivity contribution in [3.05, 3.63) is 35.4 Å². The summed E-state index contributed by atoms with van der Waals surface area (Å²) in [5.74, 6) is -0.338. The SMILES string of the molecule is COC(=O)c1ccc(CON=C(C)C)cc1. The fourth-order valence-electron chi connectivity index (χ4n) is 1.09. The van der Waals surface area contributed by atoms with Crippen molar-refractivity contribution in [3.63, 3.8) is 0 Å². The highest BCUT2D eigenvalue weighted by molar-refractivity contribution is 5.89. The van der Waals surface area contributed by atoms with Gasteiger partial charge in [-0.1, -0.05) is 17.3 Å². The van der Waals surface area contributed by atoms with Gasteiger partial charge in [-0.05, 0) is 31.5 Å². The third-order valence-electron chi connectivity index (χ3n) is 1.85. The summed E-state index contributed by atoms with van der Waals surface area (Å²) in [6.45, 7) is 4.12. The molecule has 0 aliphatic heterocycles. The second kappa shape index (κ2) is 5.90. The molecule has 1 rings (SSSR count). The molecule has 86 valence electrons. The van der Waals surface area contributed by atoms with Crippen molar-refractivity contribution in [2.75, 3.05) is 7.11 Å². The van der Waals surface area contributed by atoms with Gasteiger partial charge in [-0.3, -0.25) is 0 Å². The summed E-state index contributed by atoms with van der Waals surface area (Å²) < 4.78 is 4.60. The van der Waals surface area contributed by atoms with Crippen LogP contribution in [0.2, 0.25) is 0 Å². The summed E-state index contributed by atoms with van der Waals surface area (Å²) in [5.41, 5.74) is 2.35. The fraction of sp³-hybridized carbons (Fsp3) is 0.333. The van der Waals surface area contributed by atoms with E-state index < -0.39 is 0 Å². The van der Waals surface area contributed by atoms with Gasteiger partial charge in [0.1, 0.15) is 6.61 Å². The summed E-state index contributed by atoms with van der Waals surface area (Å²) in [5, 5.41) is 3.82. The van der Waals surface area contributed by atoms with E-state index in [0.717, 1.165) is 11.3 Å². The third-order valence-corrected chi connectivity index (χ3v) is 1.85. The first kappa shape index (κ1) is 12.2. The molecule has 0 amide bonds. The standard InChI is InChI=1S/C12H15NO3/c1-9(2)13-16-8-10-4-6-11(7-5-10)12(14)15-3/h4-7H,8H2,1-3H3. The molecule has 0 aliphatic carbocycles. The number of nitrogens with zero attached hydrogens (tertiary/aromatic N) is 1. The molecule has 0 spiro atoms. The normalized spacial score (nSPS) is 9.44. The molecule has 0 atom stereocenters. The Morgan fingerprint density at radius 3 is 2.38 bits per heavy atom. The summed E-state index contributed by atoms with van der Waals surface area (Å²) in [6, 6.07) is 7.03. The van der Waals surface area contributed by atoms with E-state index >= 15 is 0 Å². The second-order valence-corrected chi connectivity index (χ2v) is 3.50. The number of rotatable bonds is 4. The number of hydrogen-bond donors (Lipinski definition) is 0. The zero-order valence-electron chi connectivity index (χ0n) is 9.69. The van der Waals surface area contributed by atoms with E-state index in [9.17, 15) is 4.79 Å². The highest BCUT2D eigenvalue weighted by atomic mass is 16.6. The molecule has 0 aromatic heterocycles. The molecule has 0 fully saturated rings. The minimum Gasteiger partial charge on any atom is -0.465 e. The van der Waals surface area contributed by atoms with Crippen molar-refractivity contribution < 1.29 is 14.4 Å². The number of oxime groups is 1. The third kappa shape index (κ3) is 3.73. The maximum absolute atomic E-state index is 11.2. The molecule has 1 aromatic rings. The Morgan fingerprint density at radius 1 is 1.25 bits per heavy atom. The average Bonchev–Trinajstić information content (AvgIpc) is 2.28. The van der Waals surface area contributed by atoms with Gasteiger partial charge in [-0.25, -0.2) is 4.79 Å². The van der Waals surface area contributed by atoms with Crippen LogP contribution in [0.15, 0.2) is 29.4 Å². The van der Waals surface area contributed by atoms with Crippen LogP contribution in [-0.2, 0) is 16.2 Å². The molecule has 0 unspecified atom stereocenters. The zero-order valence-corrected chi connectivity index (χ0v) is 9.69. The highest BCUT2D eigenvalue weighted by Crippen LogP contribution is 2.07. The molecule has 0 N–H and O–H groups in total. The maximum Gasteiger partial charge on any atom is 0.337 e. The molecule has 0 radical (unpaired) electrons. The van der Waals surface area contributed by atoms with Crippen LogP contribution in [0.25, 0.3) is 0 Å². The highest BCUT2D eigenvalue weighted by Gasteiger charge is 2.03. The predicted molar refractivity (Wildman–Crippen MR) is 61.4 cm³/mol. The van der Waals surface area contributed by atoms with Gasteiger partial charge in [0.15, 0.2) is 0 Å². The summed E-state index contributed by atoms with van der Waals surface area (Å²) in [6.07, 6.45) is 0. The van der Waals surface area contributed by atoms with Crippen LogP contribution in [0, 0.1) is 0 Å². The molecule has 1 aromatic carbocycles. The second-order valence-electron chi connectivity index (χ2n) is 3.50. The lowest BCUT2D eigenvalue weighted by Gasteiger charge is -2.02. The Labute approximate surface area is 94.9 Å². The lowest BCUT2D eigenvalue weighted by Crippen LogP contribution is -2.01. The van der Waals surface area contributed by atoms with Gasteiger partial charge in [0.05, 0.1) is 18.4 Å². The molecule has 0 bridgehead atoms. The van der Waals surface area contributed by atoms with Crippen LogP contribution in [0.4, 0.5) is 0 Å². The van der Waals surface area contributed by atoms with Crippen molar-refractivity contribution >= 4 is 11.7 Å². The summed E-state index contributed by atoms with van der Waals surface area (Å²) in [4.78, 5) is 16.2. The number of methoxy groups -OCH3 is 1. The van der Waals surface area contributed by atoms with Crippen LogP contribution in [0.1, 0.15) is 29.8 Å². The molecule has 0 aliphatic rings. The van der Waals surface area contributed by atoms with Gasteiger partial charge >= 0.3 is 5.97 Å². The first-order valence-corrected chi connectivity index (χ1v) is 4.94. The van der Waals surface area contributed by atoms with E-state index in [0.29, 0.717) is 12.2 Å². The van der Waals surface area contributed by atoms with Crippen LogP contribution in [-0.4, -0.2) is 18.8 Å². The maximum atomic E-state index is 11.2. The molecular weight excluding hydrogens is 206 g/mol. The smallest absolute Gasteiger partial charge is 0.337 e. The van der Waals surface area contributed by atoms with E-state index in [1.54, 1.807) is 12.1 Å². The number of carbonyl (C=O) groups excluding carboxylic acids is 1. The van der Waals surface area contributed by atoms with E-state index in [2.05, 4.69) is 9.89 Å². The van der Waals surface area contributed by atoms with Crippen molar-refractivity contribution in [2.45, 2.75) is 20.5 Å². The van der Waals surface area contributed by atoms with Crippen molar-refractivity contribution in [1.82, 2.24) is 0 Å². The van der Waals surface area contributed by atoms with Crippen molar-refractivity contribution in [2.24, 2.45) is 5.16 Å². The van der Waals surface area contributed by atoms with Crippen LogP contribution in [0.3, 0.4) is 0 Å². The number of ether oxygens (including phenoxy) is 1. The zero-order chi connectivity index (χ0) is 12.0. The summed E-state index contributed by atoms with van der Waals surface area (Å²) in [7, 11) is 1.36. The van der Waals surface area contributed by atoms with Gasteiger partial charge in [0.2, 0.25) is 0 Å². The molecule has 4 nitrogen and oxygen atoms in total. The number of hydrogen-bond acceptors (Lipinski definition) is 4. The van der Waals surface area contributed by atoms with Gasteiger partial charge < -0.3 is 9.57 Å². The van der Waals surface area contributed by atoms with E-state index in [-0.39, 0.29) is 5.97 Å². The average molecular weight is 221 g/mol. The molecule has 16 heavy (non-hydrogen) atoms. The number of carbonyl (C=O) groups is 1. The largest absolute Gasteiger partial charge is 0.465 e. The van der Waals surface area contributed by atoms with Crippen LogP contribution < -0.4 is 0 Å². The first-order valence-electron chi connectivity index (χ1n) is 4.94. The number of esters is 1. The molecule has 0 heterocycles. The lowest BCUT2D eigenvalue weighted by atomic mass is 10.1. The minimum absolute atomic E-state index is 0.338. The first-order chi connectivity index (χ1) is 7.63. The Kier molecular flexibility index (Phi) is 4.51. The van der Waals surface area contributed by atoms with Gasteiger partial charge in [0.25, 0.3) is 0 Å². The van der Waals surface area contributed by atoms with E-state index in [4.69, 9.17) is 4.84 Å². The van der Waals surface area contributed by atoms with E-state index in [1.807, 2.05) is 26.0 Å². The summed E-state index contributed by atoms with van der Waals surface area (Å²) >= 11 is 0. The van der Waals surface area contributed by atoms with Gasteiger partial charge in [0, 0.05) is 0 Å². The topological polar surface area (TPSA) is 47.9 Å². The monoisotopic (exact) mass is 221 g/mol. The predicted octanol–water partition coefficient (Wildman–Crippen LogP) is 2.39. The fourth-order valence-corrected chi connectivity index (χ4v) is 1.09. The Balaban J connectivity index is 2.58. The van der Waals surface area contributed by atoms with Crippen molar-refractivity contribution in [1.29, 1.82) is 0 Å². The lowest BCUT2D eigenvalue weighted by molar-refractivity contribution is 0.0600. The molecule has 0 saturated carbocycles. The molecule has 4 heteroatoms.